The van der Waals surface area contributed by atoms with Crippen molar-refractivity contribution in [3.05, 3.63) is 59.9 Å². The van der Waals surface area contributed by atoms with E-state index < -0.39 is 0 Å². The number of aromatic nitrogens is 1. The van der Waals surface area contributed by atoms with Crippen LogP contribution in [-0.2, 0) is 17.8 Å². The maximum atomic E-state index is 13.2. The minimum Gasteiger partial charge on any atom is -0.491 e. The number of nitrogens with zero attached hydrogens (tertiary/aromatic N) is 2. The number of pyridine rings is 1. The summed E-state index contributed by atoms with van der Waals surface area (Å²) < 4.78 is 5.98. The highest BCUT2D eigenvalue weighted by atomic mass is 16.5. The maximum Gasteiger partial charge on any atom is 0.226 e. The van der Waals surface area contributed by atoms with Crippen LogP contribution < -0.4 is 10.1 Å². The number of para-hydroxylation sites is 1. The highest BCUT2D eigenvalue weighted by Gasteiger charge is 2.40. The van der Waals surface area contributed by atoms with E-state index in [4.69, 9.17) is 4.74 Å². The van der Waals surface area contributed by atoms with Crippen LogP contribution in [0.1, 0.15) is 49.8 Å². The lowest BCUT2D eigenvalue weighted by Crippen LogP contribution is -2.49. The molecule has 3 heterocycles. The molecule has 1 amide bonds. The molecule has 30 heavy (non-hydrogen) atoms. The predicted octanol–water partition coefficient (Wildman–Crippen LogP) is 3.98. The fourth-order valence-electron chi connectivity index (χ4n) is 4.77. The van der Waals surface area contributed by atoms with Gasteiger partial charge in [0, 0.05) is 12.7 Å². The Morgan fingerprint density at radius 2 is 1.83 bits per heavy atom. The summed E-state index contributed by atoms with van der Waals surface area (Å²) in [4.78, 5) is 20.1. The molecule has 1 saturated heterocycles. The molecule has 2 aliphatic heterocycles. The van der Waals surface area contributed by atoms with Crippen LogP contribution in [0.5, 0.6) is 5.75 Å². The number of piperidine rings is 1. The van der Waals surface area contributed by atoms with E-state index in [1.807, 2.05) is 30.5 Å². The van der Waals surface area contributed by atoms with Crippen LogP contribution in [0.3, 0.4) is 0 Å². The number of amides is 1. The van der Waals surface area contributed by atoms with Crippen molar-refractivity contribution in [2.75, 3.05) is 26.2 Å². The van der Waals surface area contributed by atoms with Gasteiger partial charge in [-0.3, -0.25) is 14.7 Å². The molecule has 5 heteroatoms. The van der Waals surface area contributed by atoms with Gasteiger partial charge in [0.25, 0.3) is 0 Å². The molecule has 5 nitrogen and oxygen atoms in total. The number of benzene rings is 1. The van der Waals surface area contributed by atoms with Gasteiger partial charge in [0.2, 0.25) is 5.91 Å². The van der Waals surface area contributed by atoms with Gasteiger partial charge in [-0.25, -0.2) is 0 Å². The van der Waals surface area contributed by atoms with Gasteiger partial charge in [-0.05, 0) is 69.0 Å². The summed E-state index contributed by atoms with van der Waals surface area (Å²) in [6.45, 7) is 3.85. The van der Waals surface area contributed by atoms with E-state index in [0.717, 1.165) is 76.0 Å². The molecule has 1 N–H and O–H groups in total. The number of fused-ring (bicyclic) bond motifs is 1. The smallest absolute Gasteiger partial charge is 0.226 e. The summed E-state index contributed by atoms with van der Waals surface area (Å²) in [6, 6.07) is 14.4. The van der Waals surface area contributed by atoms with Gasteiger partial charge in [-0.1, -0.05) is 37.1 Å². The number of carbonyl (C=O) groups is 1. The van der Waals surface area contributed by atoms with Crippen LogP contribution in [0.25, 0.3) is 0 Å². The van der Waals surface area contributed by atoms with E-state index in [1.165, 1.54) is 5.56 Å². The summed E-state index contributed by atoms with van der Waals surface area (Å²) in [5.41, 5.74) is 2.15. The maximum absolute atomic E-state index is 13.2. The third kappa shape index (κ3) is 5.20. The van der Waals surface area contributed by atoms with Crippen LogP contribution in [0.4, 0.5) is 0 Å². The van der Waals surface area contributed by atoms with Gasteiger partial charge in [0.15, 0.2) is 0 Å². The number of aryl methyl sites for hydroxylation is 1. The van der Waals surface area contributed by atoms with Gasteiger partial charge in [-0.15, -0.1) is 0 Å². The fourth-order valence-corrected chi connectivity index (χ4v) is 4.77. The molecule has 1 spiro atoms. The lowest BCUT2D eigenvalue weighted by atomic mass is 9.73. The SMILES string of the molecule is O=C1NCCOc2ccccc2CCCCCC12CCN(Cc1ccccn1)CC2. The van der Waals surface area contributed by atoms with Crippen molar-refractivity contribution in [3.8, 4) is 5.75 Å². The second-order valence-electron chi connectivity index (χ2n) is 8.65. The summed E-state index contributed by atoms with van der Waals surface area (Å²) in [7, 11) is 0. The highest BCUT2D eigenvalue weighted by Crippen LogP contribution is 2.38. The lowest BCUT2D eigenvalue weighted by Gasteiger charge is -2.40. The number of rotatable bonds is 2. The van der Waals surface area contributed by atoms with E-state index in [-0.39, 0.29) is 11.3 Å². The molecule has 1 aromatic carbocycles. The molecular formula is C25H33N3O2. The third-order valence-corrected chi connectivity index (χ3v) is 6.63. The van der Waals surface area contributed by atoms with E-state index in [1.54, 1.807) is 0 Å². The molecule has 0 unspecified atom stereocenters. The van der Waals surface area contributed by atoms with Crippen LogP contribution in [-0.4, -0.2) is 42.0 Å². The van der Waals surface area contributed by atoms with Crippen LogP contribution in [0, 0.1) is 5.41 Å². The fraction of sp³-hybridized carbons (Fsp3) is 0.520. The lowest BCUT2D eigenvalue weighted by molar-refractivity contribution is -0.134. The number of ether oxygens (including phenoxy) is 1. The molecule has 0 aliphatic carbocycles. The Labute approximate surface area is 179 Å². The van der Waals surface area contributed by atoms with Crippen LogP contribution >= 0.6 is 0 Å². The molecule has 0 atom stereocenters. The zero-order valence-electron chi connectivity index (χ0n) is 17.8. The standard InChI is InChI=1S/C25H33N3O2/c29-24-25(13-17-28(18-14-25)20-22-10-5-7-15-26-22)12-6-1-2-8-21-9-3-4-11-23(21)30-19-16-27-24/h3-5,7,9-11,15H,1-2,6,8,12-14,16-20H2,(H,27,29). The molecule has 2 aromatic rings. The zero-order valence-corrected chi connectivity index (χ0v) is 17.8. The van der Waals surface area contributed by atoms with Crippen molar-refractivity contribution in [1.82, 2.24) is 15.2 Å². The molecule has 1 fully saturated rings. The second-order valence-corrected chi connectivity index (χ2v) is 8.65. The molecule has 1 aromatic heterocycles. The largest absolute Gasteiger partial charge is 0.491 e. The quantitative estimate of drug-likeness (QED) is 0.818. The van der Waals surface area contributed by atoms with Crippen molar-refractivity contribution in [1.29, 1.82) is 0 Å². The van der Waals surface area contributed by atoms with Gasteiger partial charge >= 0.3 is 0 Å². The molecular weight excluding hydrogens is 374 g/mol. The van der Waals surface area contributed by atoms with Crippen molar-refractivity contribution in [3.63, 3.8) is 0 Å². The van der Waals surface area contributed by atoms with E-state index in [2.05, 4.69) is 33.4 Å². The van der Waals surface area contributed by atoms with Gasteiger partial charge < -0.3 is 10.1 Å². The Kier molecular flexibility index (Phi) is 7.00. The number of hydrogen-bond donors (Lipinski definition) is 1. The summed E-state index contributed by atoms with van der Waals surface area (Å²) in [5.74, 6) is 1.18. The van der Waals surface area contributed by atoms with Crippen LogP contribution in [0.15, 0.2) is 48.7 Å². The summed E-state index contributed by atoms with van der Waals surface area (Å²) >= 11 is 0. The van der Waals surface area contributed by atoms with E-state index in [0.29, 0.717) is 13.2 Å². The summed E-state index contributed by atoms with van der Waals surface area (Å²) in [5, 5.41) is 3.18. The summed E-state index contributed by atoms with van der Waals surface area (Å²) in [6.07, 6.45) is 9.13. The molecule has 4 rings (SSSR count). The van der Waals surface area contributed by atoms with E-state index >= 15 is 0 Å². The van der Waals surface area contributed by atoms with Crippen molar-refractivity contribution in [2.45, 2.75) is 51.5 Å². The molecule has 2 aliphatic rings. The van der Waals surface area contributed by atoms with Crippen molar-refractivity contribution < 1.29 is 9.53 Å². The highest BCUT2D eigenvalue weighted by molar-refractivity contribution is 5.82. The number of nitrogens with one attached hydrogen (secondary N) is 1. The normalized spacial score (nSPS) is 20.7. The number of carbonyl (C=O) groups excluding carboxylic acids is 1. The molecule has 0 radical (unpaired) electrons. The molecule has 0 saturated carbocycles. The Hall–Kier alpha value is -2.40. The first-order valence-corrected chi connectivity index (χ1v) is 11.4. The molecule has 160 valence electrons. The van der Waals surface area contributed by atoms with Crippen molar-refractivity contribution in [2.24, 2.45) is 5.41 Å². The first-order valence-electron chi connectivity index (χ1n) is 11.4. The van der Waals surface area contributed by atoms with Crippen LogP contribution in [0.2, 0.25) is 0 Å². The monoisotopic (exact) mass is 407 g/mol. The number of likely N-dealkylation sites (tertiary alicyclic amines) is 1. The van der Waals surface area contributed by atoms with Gasteiger partial charge in [-0.2, -0.15) is 0 Å². The predicted molar refractivity (Wildman–Crippen MR) is 118 cm³/mol. The minimum atomic E-state index is -0.235. The van der Waals surface area contributed by atoms with E-state index in [9.17, 15) is 4.79 Å². The molecule has 0 bridgehead atoms. The van der Waals surface area contributed by atoms with Gasteiger partial charge in [0.1, 0.15) is 12.4 Å². The Bertz CT molecular complexity index is 816. The average molecular weight is 408 g/mol. The third-order valence-electron chi connectivity index (χ3n) is 6.63. The Morgan fingerprint density at radius 1 is 1.00 bits per heavy atom. The Morgan fingerprint density at radius 3 is 2.67 bits per heavy atom. The minimum absolute atomic E-state index is 0.219. The average Bonchev–Trinajstić information content (AvgIpc) is 2.80. The van der Waals surface area contributed by atoms with Gasteiger partial charge in [0.05, 0.1) is 17.7 Å². The second kappa shape index (κ2) is 10.1. The Balaban J connectivity index is 1.37. The van der Waals surface area contributed by atoms with Crippen molar-refractivity contribution >= 4 is 5.91 Å². The first kappa shape index (κ1) is 20.9. The zero-order chi connectivity index (χ0) is 20.7. The number of hydrogen-bond acceptors (Lipinski definition) is 4. The topological polar surface area (TPSA) is 54.5 Å². The first-order chi connectivity index (χ1) is 14.8.